The average molecular weight is 358 g/mol. The lowest BCUT2D eigenvalue weighted by atomic mass is 10.0. The number of anilines is 1. The minimum atomic E-state index is -0.0347. The number of hydrogen-bond acceptors (Lipinski definition) is 5. The lowest BCUT2D eigenvalue weighted by molar-refractivity contribution is -0.122. The fraction of sp³-hybridized carbons (Fsp3) is 0.222. The van der Waals surface area contributed by atoms with Gasteiger partial charge in [0.15, 0.2) is 0 Å². The van der Waals surface area contributed by atoms with E-state index in [2.05, 4.69) is 11.5 Å². The predicted octanol–water partition coefficient (Wildman–Crippen LogP) is 3.81. The molecule has 2 aliphatic rings. The van der Waals surface area contributed by atoms with Crippen LogP contribution in [0.1, 0.15) is 12.5 Å². The molecule has 1 amide bonds. The summed E-state index contributed by atoms with van der Waals surface area (Å²) in [5.74, 6) is 0.742. The van der Waals surface area contributed by atoms with E-state index in [1.807, 2.05) is 43.4 Å². The number of allylic oxidation sites excluding steroid dienone is 1. The van der Waals surface area contributed by atoms with Crippen LogP contribution in [0.15, 0.2) is 47.5 Å². The molecular weight excluding hydrogens is 340 g/mol. The first-order valence-corrected chi connectivity index (χ1v) is 8.85. The van der Waals surface area contributed by atoms with E-state index in [-0.39, 0.29) is 5.91 Å². The van der Waals surface area contributed by atoms with Gasteiger partial charge in [-0.15, -0.1) is 6.58 Å². The van der Waals surface area contributed by atoms with Crippen LogP contribution in [0.5, 0.6) is 5.75 Å². The standard InChI is InChI=1S/C18H18N2O2S2/c1-4-10-20-14(16-17(21)19(5-2)18(23)24-16)9-7-12-6-8-13(22-3)11-15(12)20/h4,6-9,11H,1,5,10H2,2-3H3/b16-14+. The molecule has 1 aromatic rings. The third-order valence-electron chi connectivity index (χ3n) is 3.95. The first kappa shape index (κ1) is 16.8. The number of hydrogen-bond donors (Lipinski definition) is 0. The summed E-state index contributed by atoms with van der Waals surface area (Å²) < 4.78 is 5.95. The molecule has 24 heavy (non-hydrogen) atoms. The molecule has 1 saturated heterocycles. The van der Waals surface area contributed by atoms with Crippen molar-refractivity contribution in [1.82, 2.24) is 4.90 Å². The Morgan fingerprint density at radius 1 is 1.33 bits per heavy atom. The van der Waals surface area contributed by atoms with Crippen molar-refractivity contribution < 1.29 is 9.53 Å². The molecule has 0 spiro atoms. The van der Waals surface area contributed by atoms with Gasteiger partial charge in [0.1, 0.15) is 15.0 Å². The molecule has 0 atom stereocenters. The number of fused-ring (bicyclic) bond motifs is 1. The predicted molar refractivity (Wildman–Crippen MR) is 104 cm³/mol. The smallest absolute Gasteiger partial charge is 0.268 e. The van der Waals surface area contributed by atoms with Crippen LogP contribution < -0.4 is 9.64 Å². The molecule has 1 fully saturated rings. The highest BCUT2D eigenvalue weighted by molar-refractivity contribution is 8.26. The van der Waals surface area contributed by atoms with E-state index in [0.29, 0.717) is 22.3 Å². The maximum absolute atomic E-state index is 12.7. The van der Waals surface area contributed by atoms with Crippen LogP contribution in [0.2, 0.25) is 0 Å². The van der Waals surface area contributed by atoms with Crippen molar-refractivity contribution in [3.63, 3.8) is 0 Å². The summed E-state index contributed by atoms with van der Waals surface area (Å²) in [7, 11) is 1.64. The van der Waals surface area contributed by atoms with Crippen molar-refractivity contribution >= 4 is 46.0 Å². The molecule has 0 saturated carbocycles. The number of thioether (sulfide) groups is 1. The Kier molecular flexibility index (Phi) is 4.78. The second-order valence-corrected chi connectivity index (χ2v) is 6.93. The molecule has 2 aliphatic heterocycles. The fourth-order valence-electron chi connectivity index (χ4n) is 2.76. The van der Waals surface area contributed by atoms with Crippen LogP contribution in [0.4, 0.5) is 5.69 Å². The maximum atomic E-state index is 12.7. The highest BCUT2D eigenvalue weighted by Gasteiger charge is 2.35. The summed E-state index contributed by atoms with van der Waals surface area (Å²) in [6.07, 6.45) is 5.81. The van der Waals surface area contributed by atoms with Crippen molar-refractivity contribution in [2.75, 3.05) is 25.1 Å². The number of amides is 1. The van der Waals surface area contributed by atoms with Gasteiger partial charge in [-0.05, 0) is 30.7 Å². The number of ether oxygens (including phenoxy) is 1. The number of benzene rings is 1. The Balaban J connectivity index is 2.12. The van der Waals surface area contributed by atoms with E-state index in [1.54, 1.807) is 12.0 Å². The number of carbonyl (C=O) groups excluding carboxylic acids is 1. The molecule has 2 heterocycles. The summed E-state index contributed by atoms with van der Waals surface area (Å²) in [6, 6.07) is 5.91. The van der Waals surface area contributed by atoms with Crippen molar-refractivity contribution in [3.05, 3.63) is 53.1 Å². The monoisotopic (exact) mass is 358 g/mol. The largest absolute Gasteiger partial charge is 0.497 e. The zero-order valence-electron chi connectivity index (χ0n) is 13.6. The van der Waals surface area contributed by atoms with Gasteiger partial charge in [-0.25, -0.2) is 0 Å². The Labute approximate surface area is 151 Å². The lowest BCUT2D eigenvalue weighted by Crippen LogP contribution is -2.30. The molecule has 4 nitrogen and oxygen atoms in total. The van der Waals surface area contributed by atoms with Crippen molar-refractivity contribution in [1.29, 1.82) is 0 Å². The van der Waals surface area contributed by atoms with Gasteiger partial charge in [-0.2, -0.15) is 0 Å². The van der Waals surface area contributed by atoms with E-state index >= 15 is 0 Å². The van der Waals surface area contributed by atoms with Gasteiger partial charge in [-0.3, -0.25) is 9.69 Å². The maximum Gasteiger partial charge on any atom is 0.268 e. The van der Waals surface area contributed by atoms with Crippen LogP contribution in [0.25, 0.3) is 6.08 Å². The zero-order valence-corrected chi connectivity index (χ0v) is 15.2. The Bertz CT molecular complexity index is 783. The van der Waals surface area contributed by atoms with Crippen molar-refractivity contribution in [3.8, 4) is 5.75 Å². The molecule has 0 bridgehead atoms. The number of rotatable bonds is 4. The summed E-state index contributed by atoms with van der Waals surface area (Å²) >= 11 is 6.69. The highest BCUT2D eigenvalue weighted by Crippen LogP contribution is 2.40. The Morgan fingerprint density at radius 2 is 2.12 bits per heavy atom. The van der Waals surface area contributed by atoms with E-state index in [0.717, 1.165) is 22.7 Å². The summed E-state index contributed by atoms with van der Waals surface area (Å²) in [4.78, 5) is 17.0. The summed E-state index contributed by atoms with van der Waals surface area (Å²) in [6.45, 7) is 6.95. The number of likely N-dealkylation sites (N-methyl/N-ethyl adjacent to an activating group) is 1. The van der Waals surface area contributed by atoms with Crippen LogP contribution in [0.3, 0.4) is 0 Å². The Hall–Kier alpha value is -2.05. The van der Waals surface area contributed by atoms with Gasteiger partial charge in [0.2, 0.25) is 0 Å². The fourth-order valence-corrected chi connectivity index (χ4v) is 4.20. The zero-order chi connectivity index (χ0) is 17.3. The van der Waals surface area contributed by atoms with E-state index in [9.17, 15) is 4.79 Å². The molecule has 0 N–H and O–H groups in total. The summed E-state index contributed by atoms with van der Waals surface area (Å²) in [5.41, 5.74) is 2.92. The topological polar surface area (TPSA) is 32.8 Å². The van der Waals surface area contributed by atoms with E-state index < -0.39 is 0 Å². The normalized spacial score (nSPS) is 19.8. The van der Waals surface area contributed by atoms with Gasteiger partial charge in [0.05, 0.1) is 18.5 Å². The van der Waals surface area contributed by atoms with Gasteiger partial charge >= 0.3 is 0 Å². The van der Waals surface area contributed by atoms with Gasteiger partial charge in [-0.1, -0.05) is 36.1 Å². The molecule has 0 aromatic heterocycles. The Morgan fingerprint density at radius 3 is 2.75 bits per heavy atom. The van der Waals surface area contributed by atoms with Crippen LogP contribution >= 0.6 is 24.0 Å². The number of carbonyl (C=O) groups is 1. The number of nitrogens with zero attached hydrogens (tertiary/aromatic N) is 2. The quantitative estimate of drug-likeness (QED) is 0.464. The van der Waals surface area contributed by atoms with Crippen LogP contribution in [-0.4, -0.2) is 35.3 Å². The molecule has 3 rings (SSSR count). The van der Waals surface area contributed by atoms with Gasteiger partial charge in [0, 0.05) is 19.2 Å². The SMILES string of the molecule is C=CCN1/C(=C2/SC(=S)N(CC)C2=O)C=Cc2ccc(OC)cc21. The number of methoxy groups -OCH3 is 1. The van der Waals surface area contributed by atoms with Crippen molar-refractivity contribution in [2.45, 2.75) is 6.92 Å². The highest BCUT2D eigenvalue weighted by atomic mass is 32.2. The minimum Gasteiger partial charge on any atom is -0.497 e. The molecule has 0 unspecified atom stereocenters. The first-order chi connectivity index (χ1) is 11.6. The first-order valence-electron chi connectivity index (χ1n) is 7.63. The summed E-state index contributed by atoms with van der Waals surface area (Å²) in [5, 5.41) is 0. The van der Waals surface area contributed by atoms with Crippen molar-refractivity contribution in [2.24, 2.45) is 0 Å². The minimum absolute atomic E-state index is 0.0347. The second-order valence-electron chi connectivity index (χ2n) is 5.29. The molecular formula is C18H18N2O2S2. The third-order valence-corrected chi connectivity index (χ3v) is 5.40. The second kappa shape index (κ2) is 6.83. The molecule has 1 aromatic carbocycles. The molecule has 0 aliphatic carbocycles. The van der Waals surface area contributed by atoms with E-state index in [4.69, 9.17) is 17.0 Å². The molecule has 6 heteroatoms. The van der Waals surface area contributed by atoms with Crippen LogP contribution in [-0.2, 0) is 4.79 Å². The molecule has 124 valence electrons. The third kappa shape index (κ3) is 2.76. The van der Waals surface area contributed by atoms with Gasteiger partial charge < -0.3 is 9.64 Å². The number of thiocarbonyl (C=S) groups is 1. The van der Waals surface area contributed by atoms with Crippen LogP contribution in [0, 0.1) is 0 Å². The van der Waals surface area contributed by atoms with Gasteiger partial charge in [0.25, 0.3) is 5.91 Å². The average Bonchev–Trinajstić information content (AvgIpc) is 2.88. The lowest BCUT2D eigenvalue weighted by Gasteiger charge is -2.30. The molecule has 0 radical (unpaired) electrons. The van der Waals surface area contributed by atoms with E-state index in [1.165, 1.54) is 11.8 Å².